The average molecular weight is 281 g/mol. The molecule has 0 heterocycles. The van der Waals surface area contributed by atoms with Gasteiger partial charge in [-0.05, 0) is 30.1 Å². The van der Waals surface area contributed by atoms with Crippen LogP contribution >= 0.6 is 0 Å². The molecule has 0 N–H and O–H groups in total. The molecule has 0 aliphatic heterocycles. The van der Waals surface area contributed by atoms with Crippen LogP contribution in [0.2, 0.25) is 18.1 Å². The maximum absolute atomic E-state index is 10.7. The van der Waals surface area contributed by atoms with Gasteiger partial charge in [0.25, 0.3) is 5.69 Å². The molecule has 0 aliphatic carbocycles. The summed E-state index contributed by atoms with van der Waals surface area (Å²) in [7, 11) is -1.73. The van der Waals surface area contributed by atoms with Crippen molar-refractivity contribution in [1.82, 2.24) is 0 Å². The van der Waals surface area contributed by atoms with Crippen LogP contribution in [0.3, 0.4) is 0 Å². The van der Waals surface area contributed by atoms with Gasteiger partial charge in [0, 0.05) is 18.7 Å². The van der Waals surface area contributed by atoms with E-state index in [0.717, 1.165) is 5.56 Å². The predicted molar refractivity (Wildman–Crippen MR) is 79.9 cm³/mol. The molecule has 1 aromatic carbocycles. The standard InChI is InChI=1S/C14H23NO3Si/c1-14(2,3)19(4,5)18-10-9-12-7-6-8-13(11-12)15(16)17/h6-8,11H,9-10H2,1-5H3. The first-order chi connectivity index (χ1) is 8.63. The Hall–Kier alpha value is -1.20. The average Bonchev–Trinajstić information content (AvgIpc) is 2.27. The molecule has 1 aromatic rings. The van der Waals surface area contributed by atoms with Gasteiger partial charge < -0.3 is 4.43 Å². The predicted octanol–water partition coefficient (Wildman–Crippen LogP) is 4.16. The maximum Gasteiger partial charge on any atom is 0.269 e. The first-order valence-corrected chi connectivity index (χ1v) is 9.41. The van der Waals surface area contributed by atoms with Crippen molar-refractivity contribution < 1.29 is 9.35 Å². The van der Waals surface area contributed by atoms with E-state index in [2.05, 4.69) is 33.9 Å². The third-order valence-electron chi connectivity index (χ3n) is 3.78. The van der Waals surface area contributed by atoms with Crippen LogP contribution in [0, 0.1) is 10.1 Å². The van der Waals surface area contributed by atoms with Crippen molar-refractivity contribution in [3.63, 3.8) is 0 Å². The van der Waals surface area contributed by atoms with Crippen LogP contribution in [0.15, 0.2) is 24.3 Å². The Bertz CT molecular complexity index is 452. The van der Waals surface area contributed by atoms with Crippen LogP contribution in [-0.2, 0) is 10.8 Å². The summed E-state index contributed by atoms with van der Waals surface area (Å²) >= 11 is 0. The van der Waals surface area contributed by atoms with Crippen molar-refractivity contribution in [2.75, 3.05) is 6.61 Å². The van der Waals surface area contributed by atoms with Crippen LogP contribution in [-0.4, -0.2) is 19.8 Å². The molecule has 0 fully saturated rings. The summed E-state index contributed by atoms with van der Waals surface area (Å²) in [6, 6.07) is 6.76. The first-order valence-electron chi connectivity index (χ1n) is 6.51. The molecule has 0 spiro atoms. The summed E-state index contributed by atoms with van der Waals surface area (Å²) in [5, 5.41) is 10.9. The number of benzene rings is 1. The fraction of sp³-hybridized carbons (Fsp3) is 0.571. The Morgan fingerprint density at radius 1 is 1.32 bits per heavy atom. The molecular formula is C14H23NO3Si. The van der Waals surface area contributed by atoms with E-state index in [1.807, 2.05) is 6.07 Å². The molecule has 19 heavy (non-hydrogen) atoms. The van der Waals surface area contributed by atoms with E-state index in [0.29, 0.717) is 13.0 Å². The third kappa shape index (κ3) is 4.43. The Kier molecular flexibility index (Phi) is 4.87. The van der Waals surface area contributed by atoms with Crippen LogP contribution < -0.4 is 0 Å². The third-order valence-corrected chi connectivity index (χ3v) is 8.32. The molecule has 0 radical (unpaired) electrons. The summed E-state index contributed by atoms with van der Waals surface area (Å²) < 4.78 is 6.07. The van der Waals surface area contributed by atoms with Crippen LogP contribution in [0.4, 0.5) is 5.69 Å². The van der Waals surface area contributed by atoms with E-state index in [-0.39, 0.29) is 15.6 Å². The second kappa shape index (κ2) is 5.84. The molecule has 1 rings (SSSR count). The highest BCUT2D eigenvalue weighted by Gasteiger charge is 2.36. The fourth-order valence-electron chi connectivity index (χ4n) is 1.47. The minimum atomic E-state index is -1.73. The van der Waals surface area contributed by atoms with Crippen LogP contribution in [0.25, 0.3) is 0 Å². The van der Waals surface area contributed by atoms with E-state index in [1.165, 1.54) is 6.07 Å². The lowest BCUT2D eigenvalue weighted by Crippen LogP contribution is -2.41. The Morgan fingerprint density at radius 2 is 1.95 bits per heavy atom. The second-order valence-electron chi connectivity index (χ2n) is 6.29. The highest BCUT2D eigenvalue weighted by atomic mass is 28.4. The molecule has 0 saturated heterocycles. The van der Waals surface area contributed by atoms with Gasteiger partial charge in [-0.25, -0.2) is 0 Å². The Balaban J connectivity index is 2.59. The number of non-ortho nitro benzene ring substituents is 1. The van der Waals surface area contributed by atoms with Gasteiger partial charge in [0.05, 0.1) is 4.92 Å². The van der Waals surface area contributed by atoms with E-state index in [4.69, 9.17) is 4.43 Å². The van der Waals surface area contributed by atoms with Crippen LogP contribution in [0.1, 0.15) is 26.3 Å². The summed E-state index contributed by atoms with van der Waals surface area (Å²) in [6.45, 7) is 11.6. The number of hydrogen-bond acceptors (Lipinski definition) is 3. The topological polar surface area (TPSA) is 52.4 Å². The Morgan fingerprint density at radius 3 is 2.47 bits per heavy atom. The van der Waals surface area contributed by atoms with Gasteiger partial charge >= 0.3 is 0 Å². The SMILES string of the molecule is CC(C)(C)[Si](C)(C)OCCc1cccc([N+](=O)[O-])c1. The maximum atomic E-state index is 10.7. The summed E-state index contributed by atoms with van der Waals surface area (Å²) in [5.41, 5.74) is 1.10. The number of nitrogens with zero attached hydrogens (tertiary/aromatic N) is 1. The summed E-state index contributed by atoms with van der Waals surface area (Å²) in [4.78, 5) is 10.3. The zero-order valence-corrected chi connectivity index (χ0v) is 13.4. The first kappa shape index (κ1) is 15.9. The lowest BCUT2D eigenvalue weighted by Gasteiger charge is -2.36. The van der Waals surface area contributed by atoms with E-state index >= 15 is 0 Å². The summed E-state index contributed by atoms with van der Waals surface area (Å²) in [6.07, 6.45) is 0.716. The van der Waals surface area contributed by atoms with Crippen molar-refractivity contribution in [2.24, 2.45) is 0 Å². The number of rotatable bonds is 5. The minimum Gasteiger partial charge on any atom is -0.416 e. The second-order valence-corrected chi connectivity index (χ2v) is 11.1. The number of nitro benzene ring substituents is 1. The lowest BCUT2D eigenvalue weighted by atomic mass is 10.1. The highest BCUT2D eigenvalue weighted by Crippen LogP contribution is 2.36. The molecule has 0 aromatic heterocycles. The van der Waals surface area contributed by atoms with Crippen molar-refractivity contribution in [3.8, 4) is 0 Å². The van der Waals surface area contributed by atoms with Crippen molar-refractivity contribution in [3.05, 3.63) is 39.9 Å². The van der Waals surface area contributed by atoms with Gasteiger partial charge in [-0.15, -0.1) is 0 Å². The lowest BCUT2D eigenvalue weighted by molar-refractivity contribution is -0.384. The molecule has 0 saturated carbocycles. The number of hydrogen-bond donors (Lipinski definition) is 0. The van der Waals surface area contributed by atoms with Gasteiger partial charge in [0.15, 0.2) is 8.32 Å². The Labute approximate surface area is 116 Å². The molecule has 5 heteroatoms. The molecular weight excluding hydrogens is 258 g/mol. The molecule has 0 unspecified atom stereocenters. The minimum absolute atomic E-state index is 0.143. The smallest absolute Gasteiger partial charge is 0.269 e. The monoisotopic (exact) mass is 281 g/mol. The molecule has 0 amide bonds. The molecule has 4 nitrogen and oxygen atoms in total. The van der Waals surface area contributed by atoms with E-state index < -0.39 is 8.32 Å². The molecule has 0 atom stereocenters. The summed E-state index contributed by atoms with van der Waals surface area (Å²) in [5.74, 6) is 0. The van der Waals surface area contributed by atoms with Gasteiger partial charge in [0.1, 0.15) is 0 Å². The largest absolute Gasteiger partial charge is 0.416 e. The number of nitro groups is 1. The molecule has 0 aliphatic rings. The van der Waals surface area contributed by atoms with E-state index in [9.17, 15) is 10.1 Å². The van der Waals surface area contributed by atoms with E-state index in [1.54, 1.807) is 12.1 Å². The van der Waals surface area contributed by atoms with Gasteiger partial charge in [-0.1, -0.05) is 32.9 Å². The van der Waals surface area contributed by atoms with Gasteiger partial charge in [-0.2, -0.15) is 0 Å². The normalized spacial score (nSPS) is 12.5. The molecule has 0 bridgehead atoms. The molecule has 106 valence electrons. The van der Waals surface area contributed by atoms with Crippen molar-refractivity contribution >= 4 is 14.0 Å². The van der Waals surface area contributed by atoms with Crippen molar-refractivity contribution in [2.45, 2.75) is 45.3 Å². The highest BCUT2D eigenvalue weighted by molar-refractivity contribution is 6.74. The zero-order valence-electron chi connectivity index (χ0n) is 12.4. The zero-order chi connectivity index (χ0) is 14.7. The van der Waals surface area contributed by atoms with Gasteiger partial charge in [0.2, 0.25) is 0 Å². The van der Waals surface area contributed by atoms with Gasteiger partial charge in [-0.3, -0.25) is 10.1 Å². The van der Waals surface area contributed by atoms with Crippen LogP contribution in [0.5, 0.6) is 0 Å². The quantitative estimate of drug-likeness (QED) is 0.462. The fourth-order valence-corrected chi connectivity index (χ4v) is 2.51. The van der Waals surface area contributed by atoms with Crippen molar-refractivity contribution in [1.29, 1.82) is 0 Å².